The Kier molecular flexibility index (Phi) is 6.68. The summed E-state index contributed by atoms with van der Waals surface area (Å²) in [6.45, 7) is 0.285. The molecule has 0 saturated carbocycles. The lowest BCUT2D eigenvalue weighted by molar-refractivity contribution is -0.111. The zero-order chi connectivity index (χ0) is 22.5. The summed E-state index contributed by atoms with van der Waals surface area (Å²) in [6, 6.07) is 6.06. The Bertz CT molecular complexity index is 1190. The fourth-order valence-corrected chi connectivity index (χ4v) is 5.35. The van der Waals surface area contributed by atoms with Crippen molar-refractivity contribution in [2.45, 2.75) is 31.9 Å². The zero-order valence-corrected chi connectivity index (χ0v) is 19.0. The maximum absolute atomic E-state index is 12.3. The van der Waals surface area contributed by atoms with Gasteiger partial charge in [-0.2, -0.15) is 5.26 Å². The number of ether oxygens (including phenoxy) is 1. The quantitative estimate of drug-likeness (QED) is 0.535. The summed E-state index contributed by atoms with van der Waals surface area (Å²) < 4.78 is 7.40. The number of amides is 2. The van der Waals surface area contributed by atoms with Gasteiger partial charge in [0.2, 0.25) is 5.91 Å². The van der Waals surface area contributed by atoms with E-state index in [1.54, 1.807) is 23.6 Å². The third-order valence-corrected chi connectivity index (χ3v) is 7.10. The first-order valence-electron chi connectivity index (χ1n) is 10.0. The molecule has 0 radical (unpaired) electrons. The van der Waals surface area contributed by atoms with Gasteiger partial charge in [0.1, 0.15) is 23.0 Å². The van der Waals surface area contributed by atoms with Crippen molar-refractivity contribution >= 4 is 45.8 Å². The summed E-state index contributed by atoms with van der Waals surface area (Å²) in [5, 5.41) is 17.7. The number of fused-ring (bicyclic) bond motifs is 1. The van der Waals surface area contributed by atoms with E-state index >= 15 is 0 Å². The van der Waals surface area contributed by atoms with Gasteiger partial charge in [-0.3, -0.25) is 4.79 Å². The highest BCUT2D eigenvalue weighted by atomic mass is 32.1. The third kappa shape index (κ3) is 5.07. The number of carbonyl (C=O) groups excluding carboxylic acids is 2. The highest BCUT2D eigenvalue weighted by Crippen LogP contribution is 2.38. The molecular weight excluding hydrogens is 446 g/mol. The lowest BCUT2D eigenvalue weighted by Crippen LogP contribution is -2.32. The van der Waals surface area contributed by atoms with E-state index < -0.39 is 6.09 Å². The summed E-state index contributed by atoms with van der Waals surface area (Å²) in [6.07, 6.45) is 7.67. The van der Waals surface area contributed by atoms with Crippen molar-refractivity contribution in [1.29, 1.82) is 5.26 Å². The van der Waals surface area contributed by atoms with Gasteiger partial charge >= 0.3 is 6.09 Å². The van der Waals surface area contributed by atoms with Gasteiger partial charge in [-0.15, -0.1) is 22.7 Å². The molecule has 3 heterocycles. The van der Waals surface area contributed by atoms with Crippen LogP contribution in [0, 0.1) is 11.3 Å². The first-order valence-corrected chi connectivity index (χ1v) is 11.7. The molecule has 0 bridgehead atoms. The summed E-state index contributed by atoms with van der Waals surface area (Å²) in [7, 11) is 1.86. The van der Waals surface area contributed by atoms with Crippen molar-refractivity contribution < 1.29 is 14.3 Å². The van der Waals surface area contributed by atoms with E-state index in [1.165, 1.54) is 17.4 Å². The molecule has 32 heavy (non-hydrogen) atoms. The van der Waals surface area contributed by atoms with Gasteiger partial charge in [0.15, 0.2) is 0 Å². The topological polar surface area (TPSA) is 109 Å². The minimum Gasteiger partial charge on any atom is -0.446 e. The van der Waals surface area contributed by atoms with Crippen molar-refractivity contribution in [2.24, 2.45) is 7.05 Å². The number of nitrogens with one attached hydrogen (secondary N) is 2. The van der Waals surface area contributed by atoms with Crippen molar-refractivity contribution in [3.63, 3.8) is 0 Å². The number of anilines is 1. The molecule has 1 aliphatic carbocycles. The SMILES string of the molecule is Cn1ccnc1CNC(=O)OC1CCc2c(sc(NC(=O)/C=C/c3cccs3)c2C#N)C1. The molecule has 0 aromatic carbocycles. The Balaban J connectivity index is 1.36. The van der Waals surface area contributed by atoms with E-state index in [2.05, 4.69) is 21.7 Å². The Morgan fingerprint density at radius 1 is 1.47 bits per heavy atom. The van der Waals surface area contributed by atoms with Crippen molar-refractivity contribution in [3.05, 3.63) is 62.7 Å². The molecule has 0 aliphatic heterocycles. The monoisotopic (exact) mass is 467 g/mol. The number of hydrogen-bond acceptors (Lipinski definition) is 7. The molecule has 0 saturated heterocycles. The van der Waals surface area contributed by atoms with E-state index in [1.807, 2.05) is 35.3 Å². The van der Waals surface area contributed by atoms with Gasteiger partial charge in [-0.25, -0.2) is 9.78 Å². The molecule has 1 aliphatic rings. The van der Waals surface area contributed by atoms with Crippen LogP contribution in [0.1, 0.15) is 33.1 Å². The van der Waals surface area contributed by atoms with Crippen LogP contribution in [0.3, 0.4) is 0 Å². The number of hydrogen-bond donors (Lipinski definition) is 2. The number of rotatable bonds is 6. The number of nitrogens with zero attached hydrogens (tertiary/aromatic N) is 3. The van der Waals surface area contributed by atoms with E-state index in [9.17, 15) is 14.9 Å². The number of aryl methyl sites for hydroxylation is 1. The van der Waals surface area contributed by atoms with Crippen LogP contribution in [-0.2, 0) is 36.0 Å². The standard InChI is InChI=1S/C22H21N5O3S2/c1-27-9-8-24-19(27)13-25-22(29)30-14-4-6-16-17(12-23)21(32-18(16)11-14)26-20(28)7-5-15-3-2-10-31-15/h2-3,5,7-10,14H,4,6,11,13H2,1H3,(H,25,29)(H,26,28)/b7-5+. The number of aromatic nitrogens is 2. The van der Waals surface area contributed by atoms with E-state index in [0.717, 1.165) is 21.1 Å². The fraction of sp³-hybridized carbons (Fsp3) is 0.273. The van der Waals surface area contributed by atoms with Gasteiger partial charge < -0.3 is 19.9 Å². The van der Waals surface area contributed by atoms with Crippen LogP contribution in [0.15, 0.2) is 36.0 Å². The highest BCUT2D eigenvalue weighted by molar-refractivity contribution is 7.16. The van der Waals surface area contributed by atoms with Crippen LogP contribution in [-0.4, -0.2) is 27.7 Å². The second-order valence-electron chi connectivity index (χ2n) is 7.24. The summed E-state index contributed by atoms with van der Waals surface area (Å²) in [4.78, 5) is 30.6. The molecule has 2 amide bonds. The molecule has 164 valence electrons. The molecule has 1 unspecified atom stereocenters. The van der Waals surface area contributed by atoms with Gasteiger partial charge in [0.05, 0.1) is 12.1 Å². The molecule has 0 spiro atoms. The maximum atomic E-state index is 12.3. The number of carbonyl (C=O) groups is 2. The predicted molar refractivity (Wildman–Crippen MR) is 123 cm³/mol. The molecule has 8 nitrogen and oxygen atoms in total. The Labute approximate surface area is 193 Å². The predicted octanol–water partition coefficient (Wildman–Crippen LogP) is 3.85. The second-order valence-corrected chi connectivity index (χ2v) is 9.32. The second kappa shape index (κ2) is 9.80. The molecule has 1 atom stereocenters. The minimum atomic E-state index is -0.495. The van der Waals surface area contributed by atoms with Crippen molar-refractivity contribution in [3.8, 4) is 6.07 Å². The van der Waals surface area contributed by atoms with E-state index in [4.69, 9.17) is 4.74 Å². The lowest BCUT2D eigenvalue weighted by Gasteiger charge is -2.22. The average molecular weight is 468 g/mol. The molecule has 10 heteroatoms. The first kappa shape index (κ1) is 21.8. The number of nitriles is 1. The number of thiophene rings is 2. The smallest absolute Gasteiger partial charge is 0.407 e. The normalized spacial score (nSPS) is 15.2. The van der Waals surface area contributed by atoms with Crippen LogP contribution in [0.2, 0.25) is 0 Å². The lowest BCUT2D eigenvalue weighted by atomic mass is 9.94. The van der Waals surface area contributed by atoms with Gasteiger partial charge in [-0.1, -0.05) is 6.07 Å². The highest BCUT2D eigenvalue weighted by Gasteiger charge is 2.28. The number of imidazole rings is 1. The molecule has 4 rings (SSSR count). The summed E-state index contributed by atoms with van der Waals surface area (Å²) >= 11 is 2.91. The molecule has 2 N–H and O–H groups in total. The van der Waals surface area contributed by atoms with E-state index in [-0.39, 0.29) is 18.6 Å². The van der Waals surface area contributed by atoms with Crippen molar-refractivity contribution in [1.82, 2.24) is 14.9 Å². The number of alkyl carbamates (subject to hydrolysis) is 1. The van der Waals surface area contributed by atoms with E-state index in [0.29, 0.717) is 29.8 Å². The van der Waals surface area contributed by atoms with Crippen LogP contribution in [0.25, 0.3) is 6.08 Å². The van der Waals surface area contributed by atoms with Crippen LogP contribution in [0.4, 0.5) is 9.80 Å². The minimum absolute atomic E-state index is 0.281. The van der Waals surface area contributed by atoms with Crippen LogP contribution in [0.5, 0.6) is 0 Å². The Hall–Kier alpha value is -3.42. The third-order valence-electron chi connectivity index (χ3n) is 5.10. The molecule has 0 fully saturated rings. The largest absolute Gasteiger partial charge is 0.446 e. The van der Waals surface area contributed by atoms with Gasteiger partial charge in [0.25, 0.3) is 0 Å². The van der Waals surface area contributed by atoms with Gasteiger partial charge in [0, 0.05) is 41.7 Å². The Morgan fingerprint density at radius 2 is 2.34 bits per heavy atom. The first-order chi connectivity index (χ1) is 15.5. The molecule has 3 aromatic heterocycles. The van der Waals surface area contributed by atoms with Crippen LogP contribution < -0.4 is 10.6 Å². The summed E-state index contributed by atoms with van der Waals surface area (Å²) in [5.74, 6) is 0.452. The molecular formula is C22H21N5O3S2. The average Bonchev–Trinajstić information content (AvgIpc) is 3.50. The fourth-order valence-electron chi connectivity index (χ4n) is 3.47. The van der Waals surface area contributed by atoms with Gasteiger partial charge in [-0.05, 0) is 35.9 Å². The zero-order valence-electron chi connectivity index (χ0n) is 17.3. The van der Waals surface area contributed by atoms with Crippen molar-refractivity contribution in [2.75, 3.05) is 5.32 Å². The van der Waals surface area contributed by atoms with Crippen LogP contribution >= 0.6 is 22.7 Å². The molecule has 3 aromatic rings. The summed E-state index contributed by atoms with van der Waals surface area (Å²) in [5.41, 5.74) is 1.43. The maximum Gasteiger partial charge on any atom is 0.407 e. The Morgan fingerprint density at radius 3 is 3.06 bits per heavy atom.